The lowest BCUT2D eigenvalue weighted by Crippen LogP contribution is -1.92. The van der Waals surface area contributed by atoms with Gasteiger partial charge in [0.2, 0.25) is 0 Å². The molecule has 0 radical (unpaired) electrons. The van der Waals surface area contributed by atoms with E-state index in [2.05, 4.69) is 30.3 Å². The maximum absolute atomic E-state index is 9.60. The molecular weight excluding hydrogens is 617 g/mol. The maximum atomic E-state index is 9.60. The molecule has 1 nitrogen and oxygen atoms in total. The Morgan fingerprint density at radius 2 is 0.882 bits per heavy atom. The van der Waals surface area contributed by atoms with Gasteiger partial charge in [0.25, 0.3) is 0 Å². The molecule has 0 saturated heterocycles. The molecule has 0 N–H and O–H groups in total. The van der Waals surface area contributed by atoms with Crippen LogP contribution in [0.25, 0.3) is 109 Å². The van der Waals surface area contributed by atoms with Crippen LogP contribution in [0.5, 0.6) is 0 Å². The summed E-state index contributed by atoms with van der Waals surface area (Å²) in [7, 11) is 0. The van der Waals surface area contributed by atoms with Crippen LogP contribution in [-0.2, 0) is 0 Å². The Hall–Kier alpha value is -6.70. The van der Waals surface area contributed by atoms with Crippen LogP contribution in [0.3, 0.4) is 0 Å². The minimum atomic E-state index is -0.444. The SMILES string of the molecule is [2H]c1c([2H])c([2H])c2c(-c3ccc(-c4cc5ccccc5c5ccccc45)c4oc5ccccc5c34)c3c([2H])c([2H])c([2H])c([2H])c3c(-c3cccc4ccccc34)c2c1[2H]. The monoisotopic (exact) mass is 654 g/mol. The second-order valence-corrected chi connectivity index (χ2v) is 12.9. The summed E-state index contributed by atoms with van der Waals surface area (Å²) < 4.78 is 81.0. The molecule has 0 saturated carbocycles. The maximum Gasteiger partial charge on any atom is 0.143 e. The van der Waals surface area contributed by atoms with Crippen LogP contribution in [0.1, 0.15) is 11.0 Å². The van der Waals surface area contributed by atoms with Gasteiger partial charge in [0, 0.05) is 16.3 Å². The molecule has 51 heavy (non-hydrogen) atoms. The van der Waals surface area contributed by atoms with Crippen LogP contribution >= 0.6 is 0 Å². The van der Waals surface area contributed by atoms with Crippen molar-refractivity contribution >= 4 is 75.8 Å². The van der Waals surface area contributed by atoms with Crippen LogP contribution in [-0.4, -0.2) is 0 Å². The summed E-state index contributed by atoms with van der Waals surface area (Å²) in [5, 5.41) is 8.03. The summed E-state index contributed by atoms with van der Waals surface area (Å²) >= 11 is 0. The summed E-state index contributed by atoms with van der Waals surface area (Å²) in [6.45, 7) is 0. The molecule has 236 valence electrons. The van der Waals surface area contributed by atoms with Gasteiger partial charge < -0.3 is 4.42 Å². The Morgan fingerprint density at radius 3 is 1.61 bits per heavy atom. The number of hydrogen-bond acceptors (Lipinski definition) is 1. The quantitative estimate of drug-likeness (QED) is 0.136. The van der Waals surface area contributed by atoms with Crippen molar-refractivity contribution in [1.82, 2.24) is 0 Å². The molecule has 11 aromatic rings. The molecular formula is C50H30O. The van der Waals surface area contributed by atoms with Crippen LogP contribution in [0, 0.1) is 0 Å². The van der Waals surface area contributed by atoms with Gasteiger partial charge in [-0.25, -0.2) is 0 Å². The third-order valence-corrected chi connectivity index (χ3v) is 10.3. The number of fused-ring (bicyclic) bond motifs is 9. The summed E-state index contributed by atoms with van der Waals surface area (Å²) in [4.78, 5) is 0. The van der Waals surface area contributed by atoms with E-state index in [0.717, 1.165) is 48.8 Å². The molecule has 0 amide bonds. The van der Waals surface area contributed by atoms with Crippen molar-refractivity contribution in [2.45, 2.75) is 0 Å². The van der Waals surface area contributed by atoms with Gasteiger partial charge in [0.05, 0.1) is 11.0 Å². The molecule has 0 aliphatic heterocycles. The summed E-state index contributed by atoms with van der Waals surface area (Å²) in [5.74, 6) is 0. The Morgan fingerprint density at radius 1 is 0.353 bits per heavy atom. The highest BCUT2D eigenvalue weighted by Crippen LogP contribution is 2.50. The van der Waals surface area contributed by atoms with Crippen molar-refractivity contribution in [1.29, 1.82) is 0 Å². The van der Waals surface area contributed by atoms with Crippen LogP contribution in [0.15, 0.2) is 186 Å². The van der Waals surface area contributed by atoms with Gasteiger partial charge in [-0.1, -0.05) is 164 Å². The van der Waals surface area contributed by atoms with Crippen molar-refractivity contribution in [2.24, 2.45) is 0 Å². The Balaban J connectivity index is 1.39. The zero-order valence-electron chi connectivity index (χ0n) is 35.1. The van der Waals surface area contributed by atoms with Gasteiger partial charge in [-0.3, -0.25) is 0 Å². The van der Waals surface area contributed by atoms with E-state index in [9.17, 15) is 5.48 Å². The molecule has 11 rings (SSSR count). The standard InChI is InChI=1S/C50H30O/c1-3-17-33-31(14-1)16-13-26-37(33)47-38-21-7-9-23-40(38)48(41-24-10-8-22-39(41)47)44-29-28-42(50-49(44)43-25-11-12-27-46(43)51-50)45-30-32-15-2-4-18-34(32)35-19-5-6-20-36(35)45/h1-30H/i7D,8D,9D,10D,21D,22D,23D,24D. The van der Waals surface area contributed by atoms with E-state index in [1.54, 1.807) is 0 Å². The first kappa shape index (κ1) is 21.4. The van der Waals surface area contributed by atoms with Crippen molar-refractivity contribution in [3.05, 3.63) is 182 Å². The molecule has 1 heterocycles. The van der Waals surface area contributed by atoms with Crippen molar-refractivity contribution in [3.8, 4) is 33.4 Å². The lowest BCUT2D eigenvalue weighted by molar-refractivity contribution is 0.670. The van der Waals surface area contributed by atoms with Crippen molar-refractivity contribution in [2.75, 3.05) is 0 Å². The predicted molar refractivity (Wildman–Crippen MR) is 218 cm³/mol. The van der Waals surface area contributed by atoms with Crippen molar-refractivity contribution in [3.63, 3.8) is 0 Å². The fourth-order valence-electron chi connectivity index (χ4n) is 8.13. The Labute approximate surface area is 305 Å². The van der Waals surface area contributed by atoms with E-state index in [1.807, 2.05) is 103 Å². The lowest BCUT2D eigenvalue weighted by Gasteiger charge is -2.20. The van der Waals surface area contributed by atoms with Gasteiger partial charge in [0.1, 0.15) is 11.2 Å². The largest absolute Gasteiger partial charge is 0.455 e. The number of benzene rings is 10. The van der Waals surface area contributed by atoms with E-state index in [-0.39, 0.29) is 51.3 Å². The normalized spacial score (nSPS) is 14.1. The molecule has 1 heteroatoms. The second kappa shape index (κ2) is 10.9. The molecule has 0 unspecified atom stereocenters. The van der Waals surface area contributed by atoms with Crippen molar-refractivity contribution < 1.29 is 15.4 Å². The lowest BCUT2D eigenvalue weighted by atomic mass is 9.83. The number of furan rings is 1. The molecule has 1 aromatic heterocycles. The fraction of sp³-hybridized carbons (Fsp3) is 0. The molecule has 0 aliphatic carbocycles. The van der Waals surface area contributed by atoms with E-state index in [0.29, 0.717) is 33.2 Å². The number of para-hydroxylation sites is 1. The zero-order valence-corrected chi connectivity index (χ0v) is 27.1. The minimum Gasteiger partial charge on any atom is -0.455 e. The highest BCUT2D eigenvalue weighted by atomic mass is 16.3. The molecule has 0 aliphatic rings. The Kier molecular flexibility index (Phi) is 4.57. The first-order valence-electron chi connectivity index (χ1n) is 20.9. The molecule has 0 bridgehead atoms. The summed E-state index contributed by atoms with van der Waals surface area (Å²) in [6, 6.07) is 40.5. The average Bonchev–Trinajstić information content (AvgIpc) is 3.67. The van der Waals surface area contributed by atoms with Crippen LogP contribution in [0.4, 0.5) is 0 Å². The Bertz CT molecular complexity index is 3580. The average molecular weight is 655 g/mol. The summed E-state index contributed by atoms with van der Waals surface area (Å²) in [5.41, 5.74) is 4.62. The molecule has 0 fully saturated rings. The van der Waals surface area contributed by atoms with Gasteiger partial charge in [-0.15, -0.1) is 0 Å². The highest BCUT2D eigenvalue weighted by Gasteiger charge is 2.23. The first-order valence-corrected chi connectivity index (χ1v) is 16.9. The second-order valence-electron chi connectivity index (χ2n) is 12.9. The molecule has 0 atom stereocenters. The number of rotatable bonds is 3. The molecule has 10 aromatic carbocycles. The topological polar surface area (TPSA) is 13.1 Å². The molecule has 0 spiro atoms. The van der Waals surface area contributed by atoms with Crippen LogP contribution < -0.4 is 0 Å². The zero-order chi connectivity index (χ0) is 40.4. The van der Waals surface area contributed by atoms with Gasteiger partial charge >= 0.3 is 0 Å². The van der Waals surface area contributed by atoms with Crippen LogP contribution in [0.2, 0.25) is 0 Å². The first-order chi connectivity index (χ1) is 28.7. The predicted octanol–water partition coefficient (Wildman–Crippen LogP) is 14.4. The van der Waals surface area contributed by atoms with E-state index in [4.69, 9.17) is 9.90 Å². The highest BCUT2D eigenvalue weighted by molar-refractivity contribution is 6.28. The third kappa shape index (κ3) is 4.09. The smallest absolute Gasteiger partial charge is 0.143 e. The van der Waals surface area contributed by atoms with Gasteiger partial charge in [-0.05, 0) is 99.9 Å². The summed E-state index contributed by atoms with van der Waals surface area (Å²) in [6.07, 6.45) is 0. The van der Waals surface area contributed by atoms with E-state index in [1.165, 1.54) is 0 Å². The van der Waals surface area contributed by atoms with Gasteiger partial charge in [-0.2, -0.15) is 0 Å². The third-order valence-electron chi connectivity index (χ3n) is 10.3. The number of hydrogen-bond donors (Lipinski definition) is 0. The fourth-order valence-corrected chi connectivity index (χ4v) is 8.13. The minimum absolute atomic E-state index is 0.159. The van der Waals surface area contributed by atoms with E-state index >= 15 is 0 Å². The van der Waals surface area contributed by atoms with E-state index < -0.39 is 24.2 Å². The van der Waals surface area contributed by atoms with Gasteiger partial charge in [0.15, 0.2) is 0 Å².